The second-order valence-corrected chi connectivity index (χ2v) is 4.65. The van der Waals surface area contributed by atoms with E-state index >= 15 is 0 Å². The SMILES string of the molecule is CC(NC1CCCC1(C)O)C(C)(F)F. The third-order valence-corrected chi connectivity index (χ3v) is 3.14. The van der Waals surface area contributed by atoms with Crippen molar-refractivity contribution in [1.29, 1.82) is 0 Å². The monoisotopic (exact) mass is 207 g/mol. The van der Waals surface area contributed by atoms with Crippen molar-refractivity contribution in [3.8, 4) is 0 Å². The Hall–Kier alpha value is -0.220. The van der Waals surface area contributed by atoms with Crippen LogP contribution in [0.15, 0.2) is 0 Å². The summed E-state index contributed by atoms with van der Waals surface area (Å²) in [4.78, 5) is 0. The molecule has 3 unspecified atom stereocenters. The minimum Gasteiger partial charge on any atom is -0.389 e. The van der Waals surface area contributed by atoms with E-state index in [1.807, 2.05) is 0 Å². The van der Waals surface area contributed by atoms with E-state index in [-0.39, 0.29) is 6.04 Å². The van der Waals surface area contributed by atoms with Gasteiger partial charge in [0.2, 0.25) is 0 Å². The molecule has 4 heteroatoms. The van der Waals surface area contributed by atoms with Crippen LogP contribution in [0.1, 0.15) is 40.0 Å². The average Bonchev–Trinajstić information content (AvgIpc) is 2.29. The maximum Gasteiger partial charge on any atom is 0.260 e. The van der Waals surface area contributed by atoms with E-state index in [9.17, 15) is 13.9 Å². The summed E-state index contributed by atoms with van der Waals surface area (Å²) in [5, 5.41) is 12.7. The Morgan fingerprint density at radius 1 is 1.57 bits per heavy atom. The zero-order valence-corrected chi connectivity index (χ0v) is 8.98. The van der Waals surface area contributed by atoms with Crippen LogP contribution < -0.4 is 5.32 Å². The lowest BCUT2D eigenvalue weighted by molar-refractivity contribution is -0.0322. The van der Waals surface area contributed by atoms with E-state index in [0.29, 0.717) is 6.42 Å². The van der Waals surface area contributed by atoms with Gasteiger partial charge in [-0.2, -0.15) is 0 Å². The minimum absolute atomic E-state index is 0.205. The van der Waals surface area contributed by atoms with Gasteiger partial charge < -0.3 is 10.4 Å². The van der Waals surface area contributed by atoms with Crippen LogP contribution in [0, 0.1) is 0 Å². The van der Waals surface area contributed by atoms with Crippen LogP contribution >= 0.6 is 0 Å². The topological polar surface area (TPSA) is 32.3 Å². The van der Waals surface area contributed by atoms with Gasteiger partial charge in [-0.1, -0.05) is 0 Å². The first kappa shape index (κ1) is 11.9. The van der Waals surface area contributed by atoms with E-state index in [1.54, 1.807) is 6.92 Å². The van der Waals surface area contributed by atoms with Crippen LogP contribution in [0.25, 0.3) is 0 Å². The van der Waals surface area contributed by atoms with Gasteiger partial charge in [0.1, 0.15) is 0 Å². The molecule has 0 heterocycles. The first-order valence-electron chi connectivity index (χ1n) is 5.10. The normalized spacial score (nSPS) is 36.0. The lowest BCUT2D eigenvalue weighted by Gasteiger charge is -2.31. The predicted octanol–water partition coefficient (Wildman–Crippen LogP) is 1.92. The van der Waals surface area contributed by atoms with Crippen molar-refractivity contribution in [1.82, 2.24) is 5.32 Å². The average molecular weight is 207 g/mol. The predicted molar refractivity (Wildman–Crippen MR) is 51.5 cm³/mol. The summed E-state index contributed by atoms with van der Waals surface area (Å²) in [5.41, 5.74) is -0.834. The standard InChI is InChI=1S/C10H19F2NO/c1-7(10(3,11)12)13-8-5-4-6-9(8,2)14/h7-8,13-14H,4-6H2,1-3H3. The fourth-order valence-electron chi connectivity index (χ4n) is 1.86. The number of aliphatic hydroxyl groups is 1. The third-order valence-electron chi connectivity index (χ3n) is 3.14. The summed E-state index contributed by atoms with van der Waals surface area (Å²) < 4.78 is 25.8. The van der Waals surface area contributed by atoms with Crippen molar-refractivity contribution in [3.05, 3.63) is 0 Å². The summed E-state index contributed by atoms with van der Waals surface area (Å²) in [7, 11) is 0. The molecule has 2 N–H and O–H groups in total. The fourth-order valence-corrected chi connectivity index (χ4v) is 1.86. The quantitative estimate of drug-likeness (QED) is 0.741. The molecule has 0 aromatic carbocycles. The summed E-state index contributed by atoms with van der Waals surface area (Å²) in [6.45, 7) is 4.06. The molecule has 0 amide bonds. The van der Waals surface area contributed by atoms with E-state index in [4.69, 9.17) is 0 Å². The van der Waals surface area contributed by atoms with Gasteiger partial charge in [0.25, 0.3) is 5.92 Å². The summed E-state index contributed by atoms with van der Waals surface area (Å²) in [6, 6.07) is -1.10. The lowest BCUT2D eigenvalue weighted by atomic mass is 9.99. The van der Waals surface area contributed by atoms with E-state index in [1.165, 1.54) is 6.92 Å². The Bertz CT molecular complexity index is 201. The van der Waals surface area contributed by atoms with E-state index in [0.717, 1.165) is 19.8 Å². The smallest absolute Gasteiger partial charge is 0.260 e. The number of hydrogen-bond acceptors (Lipinski definition) is 2. The molecule has 0 saturated heterocycles. The number of hydrogen-bond donors (Lipinski definition) is 2. The van der Waals surface area contributed by atoms with E-state index in [2.05, 4.69) is 5.32 Å². The van der Waals surface area contributed by atoms with Crippen molar-refractivity contribution < 1.29 is 13.9 Å². The molecule has 1 aliphatic rings. The largest absolute Gasteiger partial charge is 0.389 e. The molecule has 1 aliphatic carbocycles. The summed E-state index contributed by atoms with van der Waals surface area (Å²) in [6.07, 6.45) is 2.35. The summed E-state index contributed by atoms with van der Waals surface area (Å²) >= 11 is 0. The number of nitrogens with one attached hydrogen (secondary N) is 1. The molecular weight excluding hydrogens is 188 g/mol. The Morgan fingerprint density at radius 2 is 2.14 bits per heavy atom. The molecule has 1 rings (SSSR count). The number of halogens is 2. The molecule has 1 saturated carbocycles. The first-order chi connectivity index (χ1) is 6.23. The van der Waals surface area contributed by atoms with Crippen molar-refractivity contribution in [2.24, 2.45) is 0 Å². The molecule has 14 heavy (non-hydrogen) atoms. The highest BCUT2D eigenvalue weighted by molar-refractivity contribution is 4.96. The zero-order chi connectivity index (χ0) is 11.0. The third kappa shape index (κ3) is 2.64. The maximum atomic E-state index is 12.9. The van der Waals surface area contributed by atoms with Gasteiger partial charge in [0, 0.05) is 13.0 Å². The van der Waals surface area contributed by atoms with Crippen LogP contribution in [0.3, 0.4) is 0 Å². The fraction of sp³-hybridized carbons (Fsp3) is 1.00. The zero-order valence-electron chi connectivity index (χ0n) is 8.98. The Kier molecular flexibility index (Phi) is 3.17. The number of rotatable bonds is 3. The van der Waals surface area contributed by atoms with Gasteiger partial charge in [-0.05, 0) is 33.1 Å². The molecular formula is C10H19F2NO. The molecule has 84 valence electrons. The van der Waals surface area contributed by atoms with Crippen molar-refractivity contribution in [2.45, 2.75) is 63.6 Å². The Morgan fingerprint density at radius 3 is 2.50 bits per heavy atom. The van der Waals surface area contributed by atoms with Crippen LogP contribution in [0.2, 0.25) is 0 Å². The minimum atomic E-state index is -2.74. The molecule has 0 spiro atoms. The van der Waals surface area contributed by atoms with Crippen molar-refractivity contribution in [3.63, 3.8) is 0 Å². The molecule has 1 fully saturated rings. The highest BCUT2D eigenvalue weighted by Crippen LogP contribution is 2.31. The van der Waals surface area contributed by atoms with Crippen molar-refractivity contribution in [2.75, 3.05) is 0 Å². The molecule has 2 nitrogen and oxygen atoms in total. The Labute approximate surface area is 83.7 Å². The van der Waals surface area contributed by atoms with Crippen LogP contribution in [-0.4, -0.2) is 28.7 Å². The highest BCUT2D eigenvalue weighted by atomic mass is 19.3. The van der Waals surface area contributed by atoms with E-state index < -0.39 is 17.6 Å². The van der Waals surface area contributed by atoms with Crippen LogP contribution in [0.4, 0.5) is 8.78 Å². The van der Waals surface area contributed by atoms with Gasteiger partial charge >= 0.3 is 0 Å². The first-order valence-corrected chi connectivity index (χ1v) is 5.10. The molecule has 3 atom stereocenters. The molecule has 0 aliphatic heterocycles. The molecule has 0 bridgehead atoms. The van der Waals surface area contributed by atoms with Crippen molar-refractivity contribution >= 4 is 0 Å². The van der Waals surface area contributed by atoms with Gasteiger partial charge in [-0.25, -0.2) is 8.78 Å². The van der Waals surface area contributed by atoms with Gasteiger partial charge in [0.05, 0.1) is 11.6 Å². The van der Waals surface area contributed by atoms with Gasteiger partial charge in [0.15, 0.2) is 0 Å². The molecule has 0 aromatic heterocycles. The van der Waals surface area contributed by atoms with Gasteiger partial charge in [-0.15, -0.1) is 0 Å². The highest BCUT2D eigenvalue weighted by Gasteiger charge is 2.40. The second-order valence-electron chi connectivity index (χ2n) is 4.65. The molecule has 0 aromatic rings. The second kappa shape index (κ2) is 3.74. The Balaban J connectivity index is 2.52. The summed E-state index contributed by atoms with van der Waals surface area (Å²) in [5.74, 6) is -2.74. The number of alkyl halides is 2. The van der Waals surface area contributed by atoms with Gasteiger partial charge in [-0.3, -0.25) is 0 Å². The van der Waals surface area contributed by atoms with Crippen LogP contribution in [0.5, 0.6) is 0 Å². The maximum absolute atomic E-state index is 12.9. The molecule has 0 radical (unpaired) electrons. The lowest BCUT2D eigenvalue weighted by Crippen LogP contribution is -2.52. The van der Waals surface area contributed by atoms with Crippen LogP contribution in [-0.2, 0) is 0 Å².